The highest BCUT2D eigenvalue weighted by Gasteiger charge is 2.24. The minimum absolute atomic E-state index is 0. The Hall–Kier alpha value is -0.780. The van der Waals surface area contributed by atoms with Crippen LogP contribution in [0.15, 0.2) is 0 Å². The van der Waals surface area contributed by atoms with Crippen LogP contribution < -0.4 is 5.32 Å². The number of imidazole rings is 1. The highest BCUT2D eigenvalue weighted by atomic mass is 35.5. The number of rotatable bonds is 4. The number of nitrogens with zero attached hydrogens (tertiary/aromatic N) is 2. The molecule has 1 aliphatic rings. The molecule has 1 aromatic rings. The number of aliphatic hydroxyl groups is 1. The van der Waals surface area contributed by atoms with Crippen molar-refractivity contribution in [1.29, 1.82) is 0 Å². The fourth-order valence-electron chi connectivity index (χ4n) is 2.55. The third kappa shape index (κ3) is 3.61. The Balaban J connectivity index is 0.00000180. The van der Waals surface area contributed by atoms with Gasteiger partial charge in [0.2, 0.25) is 5.91 Å². The third-order valence-electron chi connectivity index (χ3n) is 3.33. The van der Waals surface area contributed by atoms with Crippen molar-refractivity contribution in [2.75, 3.05) is 12.5 Å². The number of carbonyl (C=O) groups is 1. The lowest BCUT2D eigenvalue weighted by Gasteiger charge is -2.23. The van der Waals surface area contributed by atoms with Crippen molar-refractivity contribution in [3.63, 3.8) is 0 Å². The van der Waals surface area contributed by atoms with Crippen molar-refractivity contribution in [2.24, 2.45) is 0 Å². The number of nitrogens with one attached hydrogen (secondary N) is 1. The molecule has 0 saturated heterocycles. The van der Waals surface area contributed by atoms with Crippen LogP contribution in [0.25, 0.3) is 0 Å². The molecular weight excluding hydrogens is 289 g/mol. The first kappa shape index (κ1) is 16.3. The minimum Gasteiger partial charge on any atom is -0.395 e. The number of halogens is 2. The second-order valence-corrected chi connectivity index (χ2v) is 4.84. The molecule has 1 aromatic heterocycles. The predicted octanol–water partition coefficient (Wildman–Crippen LogP) is 0.818. The molecule has 0 fully saturated rings. The zero-order valence-corrected chi connectivity index (χ0v) is 12.4. The first-order chi connectivity index (χ1) is 8.65. The lowest BCUT2D eigenvalue weighted by Crippen LogP contribution is -2.39. The molecule has 19 heavy (non-hydrogen) atoms. The fraction of sp³-hybridized carbons (Fsp3) is 0.667. The first-order valence-electron chi connectivity index (χ1n) is 6.16. The Morgan fingerprint density at radius 1 is 1.63 bits per heavy atom. The van der Waals surface area contributed by atoms with Gasteiger partial charge in [-0.3, -0.25) is 4.79 Å². The lowest BCUT2D eigenvalue weighted by atomic mass is 9.96. The molecule has 0 aromatic carbocycles. The van der Waals surface area contributed by atoms with Crippen LogP contribution in [0.1, 0.15) is 23.6 Å². The maximum Gasteiger partial charge on any atom is 0.235 e. The van der Waals surface area contributed by atoms with Crippen molar-refractivity contribution in [1.82, 2.24) is 14.9 Å². The predicted molar refractivity (Wildman–Crippen MR) is 76.0 cm³/mol. The van der Waals surface area contributed by atoms with Crippen LogP contribution in [0.5, 0.6) is 0 Å². The summed E-state index contributed by atoms with van der Waals surface area (Å²) in [5.41, 5.74) is 2.23. The van der Waals surface area contributed by atoms with Crippen molar-refractivity contribution in [2.45, 2.75) is 38.8 Å². The molecule has 0 aliphatic heterocycles. The van der Waals surface area contributed by atoms with E-state index >= 15 is 0 Å². The zero-order valence-electron chi connectivity index (χ0n) is 10.9. The molecular formula is C12H19Cl2N3O2. The van der Waals surface area contributed by atoms with E-state index in [-0.39, 0.29) is 36.8 Å². The number of fused-ring (bicyclic) bond motifs is 1. The summed E-state index contributed by atoms with van der Waals surface area (Å²) in [7, 11) is 0. The van der Waals surface area contributed by atoms with Crippen LogP contribution in [-0.2, 0) is 24.2 Å². The summed E-state index contributed by atoms with van der Waals surface area (Å²) in [4.78, 5) is 15.8. The van der Waals surface area contributed by atoms with Crippen molar-refractivity contribution >= 4 is 29.9 Å². The topological polar surface area (TPSA) is 67.2 Å². The average Bonchev–Trinajstić information content (AvgIpc) is 2.66. The number of amides is 1. The van der Waals surface area contributed by atoms with Crippen LogP contribution in [0.2, 0.25) is 0 Å². The van der Waals surface area contributed by atoms with Crippen molar-refractivity contribution < 1.29 is 9.90 Å². The van der Waals surface area contributed by atoms with Crippen LogP contribution in [-0.4, -0.2) is 39.1 Å². The summed E-state index contributed by atoms with van der Waals surface area (Å²) in [6.45, 7) is 2.66. The van der Waals surface area contributed by atoms with Gasteiger partial charge in [-0.15, -0.1) is 24.0 Å². The lowest BCUT2D eigenvalue weighted by molar-refractivity contribution is -0.119. The van der Waals surface area contributed by atoms with E-state index in [0.717, 1.165) is 30.8 Å². The van der Waals surface area contributed by atoms with Gasteiger partial charge in [0.1, 0.15) is 11.7 Å². The molecule has 2 N–H and O–H groups in total. The smallest absolute Gasteiger partial charge is 0.235 e. The monoisotopic (exact) mass is 307 g/mol. The SMILES string of the molecule is Cc1nc2c(n1CCO)CCC(NC(=O)CCl)C2.Cl. The van der Waals surface area contributed by atoms with Crippen LogP contribution in [0, 0.1) is 6.92 Å². The minimum atomic E-state index is -0.128. The number of carbonyl (C=O) groups excluding carboxylic acids is 1. The number of alkyl halides is 1. The molecule has 0 radical (unpaired) electrons. The Bertz CT molecular complexity index is 448. The molecule has 1 heterocycles. The van der Waals surface area contributed by atoms with Gasteiger partial charge < -0.3 is 15.0 Å². The zero-order chi connectivity index (χ0) is 13.1. The second-order valence-electron chi connectivity index (χ2n) is 4.57. The van der Waals surface area contributed by atoms with Crippen molar-refractivity contribution in [3.8, 4) is 0 Å². The normalized spacial score (nSPS) is 17.5. The van der Waals surface area contributed by atoms with E-state index < -0.39 is 0 Å². The Kier molecular flexibility index (Phi) is 6.10. The maximum atomic E-state index is 11.3. The summed E-state index contributed by atoms with van der Waals surface area (Å²) in [6.07, 6.45) is 2.52. The van der Waals surface area contributed by atoms with Gasteiger partial charge in [0.25, 0.3) is 0 Å². The van der Waals surface area contributed by atoms with E-state index in [2.05, 4.69) is 14.9 Å². The molecule has 1 atom stereocenters. The van der Waals surface area contributed by atoms with E-state index in [0.29, 0.717) is 6.54 Å². The van der Waals surface area contributed by atoms with Gasteiger partial charge in [0, 0.05) is 24.7 Å². The number of hydrogen-bond donors (Lipinski definition) is 2. The molecule has 108 valence electrons. The van der Waals surface area contributed by atoms with E-state index in [1.807, 2.05) is 6.92 Å². The number of aliphatic hydroxyl groups excluding tert-OH is 1. The summed E-state index contributed by atoms with van der Waals surface area (Å²) in [5, 5.41) is 11.9. The van der Waals surface area contributed by atoms with E-state index in [1.165, 1.54) is 5.69 Å². The van der Waals surface area contributed by atoms with Gasteiger partial charge in [-0.25, -0.2) is 4.98 Å². The molecule has 1 amide bonds. The van der Waals surface area contributed by atoms with Gasteiger partial charge in [0.05, 0.1) is 12.3 Å². The Labute approximate surface area is 123 Å². The third-order valence-corrected chi connectivity index (χ3v) is 3.57. The summed E-state index contributed by atoms with van der Waals surface area (Å²) >= 11 is 5.48. The summed E-state index contributed by atoms with van der Waals surface area (Å²) in [6, 6.07) is 0.126. The highest BCUT2D eigenvalue weighted by molar-refractivity contribution is 6.27. The quantitative estimate of drug-likeness (QED) is 0.809. The Morgan fingerprint density at radius 2 is 2.37 bits per heavy atom. The number of aromatic nitrogens is 2. The van der Waals surface area contributed by atoms with E-state index in [9.17, 15) is 4.79 Å². The first-order valence-corrected chi connectivity index (χ1v) is 6.70. The van der Waals surface area contributed by atoms with Gasteiger partial charge in [-0.05, 0) is 19.8 Å². The number of aryl methyl sites for hydroxylation is 1. The molecule has 1 unspecified atom stereocenters. The summed E-state index contributed by atoms with van der Waals surface area (Å²) < 4.78 is 2.06. The van der Waals surface area contributed by atoms with Gasteiger partial charge >= 0.3 is 0 Å². The standard InChI is InChI=1S/C12H18ClN3O2.ClH/c1-8-14-10-6-9(15-12(18)7-13)2-3-11(10)16(8)4-5-17;/h9,17H,2-7H2,1H3,(H,15,18);1H. The maximum absolute atomic E-state index is 11.3. The van der Waals surface area contributed by atoms with Gasteiger partial charge in [-0.1, -0.05) is 0 Å². The molecule has 0 spiro atoms. The molecule has 7 heteroatoms. The molecule has 5 nitrogen and oxygen atoms in total. The highest BCUT2D eigenvalue weighted by Crippen LogP contribution is 2.22. The van der Waals surface area contributed by atoms with Crippen molar-refractivity contribution in [3.05, 3.63) is 17.2 Å². The molecule has 1 aliphatic carbocycles. The fourth-order valence-corrected chi connectivity index (χ4v) is 2.62. The molecule has 0 bridgehead atoms. The summed E-state index contributed by atoms with van der Waals surface area (Å²) in [5.74, 6) is 0.802. The van der Waals surface area contributed by atoms with Crippen LogP contribution in [0.4, 0.5) is 0 Å². The van der Waals surface area contributed by atoms with Crippen LogP contribution >= 0.6 is 24.0 Å². The largest absolute Gasteiger partial charge is 0.395 e. The van der Waals surface area contributed by atoms with Gasteiger partial charge in [-0.2, -0.15) is 0 Å². The van der Waals surface area contributed by atoms with E-state index in [4.69, 9.17) is 16.7 Å². The average molecular weight is 308 g/mol. The van der Waals surface area contributed by atoms with Crippen LogP contribution in [0.3, 0.4) is 0 Å². The van der Waals surface area contributed by atoms with Gasteiger partial charge in [0.15, 0.2) is 0 Å². The molecule has 0 saturated carbocycles. The number of hydrogen-bond acceptors (Lipinski definition) is 3. The molecule has 2 rings (SSSR count). The second kappa shape index (κ2) is 7.12. The van der Waals surface area contributed by atoms with E-state index in [1.54, 1.807) is 0 Å². The Morgan fingerprint density at radius 3 is 3.00 bits per heavy atom.